The van der Waals surface area contributed by atoms with E-state index in [1.165, 1.54) is 5.69 Å². The Morgan fingerprint density at radius 3 is 1.90 bits per heavy atom. The van der Waals surface area contributed by atoms with Gasteiger partial charge in [-0.1, -0.05) is 19.1 Å². The zero-order valence-electron chi connectivity index (χ0n) is 17.4. The van der Waals surface area contributed by atoms with Gasteiger partial charge in [-0.25, -0.2) is 0 Å². The Morgan fingerprint density at radius 2 is 1.37 bits per heavy atom. The second-order valence-electron chi connectivity index (χ2n) is 6.80. The third kappa shape index (κ3) is 5.86. The van der Waals surface area contributed by atoms with E-state index in [9.17, 15) is 0 Å². The maximum absolute atomic E-state index is 8.84. The van der Waals surface area contributed by atoms with Gasteiger partial charge in [0, 0.05) is 25.0 Å². The second-order valence-corrected chi connectivity index (χ2v) is 6.80. The second kappa shape index (κ2) is 10.7. The molecule has 3 rings (SSSR count). The maximum Gasteiger partial charge on any atom is 0.0991 e. The van der Waals surface area contributed by atoms with E-state index in [1.807, 2.05) is 48.5 Å². The summed E-state index contributed by atoms with van der Waals surface area (Å²) in [5.41, 5.74) is 5.23. The zero-order valence-corrected chi connectivity index (χ0v) is 17.4. The fraction of sp³-hybridized carbons (Fsp3) is 0.200. The SMILES string of the molecule is CCCN(CC)c1ccc(N=Nc2ccc(N=Cc3ccc(C#N)cc3)cc2)cc1. The molecule has 0 N–H and O–H groups in total. The molecule has 3 aromatic rings. The van der Waals surface area contributed by atoms with E-state index in [0.717, 1.165) is 42.1 Å². The van der Waals surface area contributed by atoms with Crippen molar-refractivity contribution in [3.8, 4) is 6.07 Å². The summed E-state index contributed by atoms with van der Waals surface area (Å²) >= 11 is 0. The van der Waals surface area contributed by atoms with Crippen molar-refractivity contribution in [2.24, 2.45) is 15.2 Å². The predicted octanol–water partition coefficient (Wildman–Crippen LogP) is 6.96. The number of anilines is 1. The van der Waals surface area contributed by atoms with Crippen molar-refractivity contribution in [3.63, 3.8) is 0 Å². The highest BCUT2D eigenvalue weighted by atomic mass is 15.1. The molecule has 0 unspecified atom stereocenters. The number of rotatable bonds is 8. The molecule has 5 nitrogen and oxygen atoms in total. The average molecular weight is 396 g/mol. The summed E-state index contributed by atoms with van der Waals surface area (Å²) in [5, 5.41) is 17.5. The highest BCUT2D eigenvalue weighted by molar-refractivity contribution is 5.82. The summed E-state index contributed by atoms with van der Waals surface area (Å²) in [4.78, 5) is 6.80. The number of aliphatic imine (C=N–C) groups is 1. The fourth-order valence-corrected chi connectivity index (χ4v) is 2.98. The third-order valence-electron chi connectivity index (χ3n) is 4.62. The Balaban J connectivity index is 1.61. The molecule has 0 fully saturated rings. The molecule has 30 heavy (non-hydrogen) atoms. The van der Waals surface area contributed by atoms with Gasteiger partial charge < -0.3 is 4.90 Å². The van der Waals surface area contributed by atoms with Crippen LogP contribution in [0.3, 0.4) is 0 Å². The zero-order chi connectivity index (χ0) is 21.2. The van der Waals surface area contributed by atoms with Gasteiger partial charge in [-0.05, 0) is 79.6 Å². The average Bonchev–Trinajstić information content (AvgIpc) is 2.81. The van der Waals surface area contributed by atoms with E-state index < -0.39 is 0 Å². The normalized spacial score (nSPS) is 11.1. The minimum absolute atomic E-state index is 0.639. The fourth-order valence-electron chi connectivity index (χ4n) is 2.98. The monoisotopic (exact) mass is 395 g/mol. The lowest BCUT2D eigenvalue weighted by Crippen LogP contribution is -2.23. The van der Waals surface area contributed by atoms with Gasteiger partial charge in [0.15, 0.2) is 0 Å². The Bertz CT molecular complexity index is 1030. The van der Waals surface area contributed by atoms with Crippen LogP contribution in [-0.2, 0) is 0 Å². The first-order chi connectivity index (χ1) is 14.7. The van der Waals surface area contributed by atoms with Crippen molar-refractivity contribution in [2.75, 3.05) is 18.0 Å². The van der Waals surface area contributed by atoms with Gasteiger partial charge in [0.1, 0.15) is 0 Å². The standard InChI is InChI=1S/C25H25N5/c1-3-17-30(4-2)25-15-13-24(14-16-25)29-28-23-11-9-22(10-12-23)27-19-21-7-5-20(18-26)6-8-21/h5-16,19H,3-4,17H2,1-2H3. The molecule has 3 aromatic carbocycles. The molecular weight excluding hydrogens is 370 g/mol. The number of azo groups is 1. The number of nitriles is 1. The van der Waals surface area contributed by atoms with Crippen molar-refractivity contribution in [3.05, 3.63) is 83.9 Å². The molecular formula is C25H25N5. The van der Waals surface area contributed by atoms with Crippen molar-refractivity contribution < 1.29 is 0 Å². The van der Waals surface area contributed by atoms with Crippen molar-refractivity contribution in [1.82, 2.24) is 0 Å². The third-order valence-corrected chi connectivity index (χ3v) is 4.62. The summed E-state index contributed by atoms with van der Waals surface area (Å²) < 4.78 is 0. The summed E-state index contributed by atoms with van der Waals surface area (Å²) in [6.07, 6.45) is 2.90. The molecule has 0 aliphatic heterocycles. The van der Waals surface area contributed by atoms with E-state index in [4.69, 9.17) is 5.26 Å². The Hall–Kier alpha value is -3.78. The van der Waals surface area contributed by atoms with Gasteiger partial charge in [-0.3, -0.25) is 4.99 Å². The topological polar surface area (TPSA) is 64.1 Å². The van der Waals surface area contributed by atoms with E-state index >= 15 is 0 Å². The Labute approximate surface area is 178 Å². The molecule has 0 radical (unpaired) electrons. The lowest BCUT2D eigenvalue weighted by molar-refractivity contribution is 0.792. The van der Waals surface area contributed by atoms with Gasteiger partial charge in [0.05, 0.1) is 28.7 Å². The van der Waals surface area contributed by atoms with Crippen LogP contribution < -0.4 is 4.90 Å². The van der Waals surface area contributed by atoms with E-state index in [1.54, 1.807) is 18.3 Å². The van der Waals surface area contributed by atoms with E-state index in [-0.39, 0.29) is 0 Å². The van der Waals surface area contributed by atoms with Crippen molar-refractivity contribution in [1.29, 1.82) is 5.26 Å². The molecule has 0 aliphatic carbocycles. The predicted molar refractivity (Wildman–Crippen MR) is 124 cm³/mol. The summed E-state index contributed by atoms with van der Waals surface area (Å²) in [7, 11) is 0. The lowest BCUT2D eigenvalue weighted by Gasteiger charge is -2.22. The minimum atomic E-state index is 0.639. The van der Waals surface area contributed by atoms with Crippen LogP contribution in [0.5, 0.6) is 0 Å². The molecule has 0 saturated carbocycles. The van der Waals surface area contributed by atoms with Gasteiger partial charge in [0.2, 0.25) is 0 Å². The minimum Gasteiger partial charge on any atom is -0.372 e. The van der Waals surface area contributed by atoms with Crippen LogP contribution >= 0.6 is 0 Å². The molecule has 0 spiro atoms. The van der Waals surface area contributed by atoms with Gasteiger partial charge in [0.25, 0.3) is 0 Å². The summed E-state index contributed by atoms with van der Waals surface area (Å²) in [6.45, 7) is 6.41. The molecule has 0 bridgehead atoms. The first-order valence-corrected chi connectivity index (χ1v) is 10.1. The van der Waals surface area contributed by atoms with Crippen LogP contribution in [0.2, 0.25) is 0 Å². The Kier molecular flexibility index (Phi) is 7.45. The number of hydrogen-bond donors (Lipinski definition) is 0. The van der Waals surface area contributed by atoms with Gasteiger partial charge in [-0.15, -0.1) is 0 Å². The van der Waals surface area contributed by atoms with Crippen LogP contribution in [-0.4, -0.2) is 19.3 Å². The van der Waals surface area contributed by atoms with Crippen LogP contribution in [0.25, 0.3) is 0 Å². The smallest absolute Gasteiger partial charge is 0.0991 e. The molecule has 0 amide bonds. The van der Waals surface area contributed by atoms with Crippen molar-refractivity contribution >= 4 is 29.0 Å². The van der Waals surface area contributed by atoms with Crippen LogP contribution in [0.1, 0.15) is 31.4 Å². The largest absolute Gasteiger partial charge is 0.372 e. The molecule has 0 aromatic heterocycles. The number of hydrogen-bond acceptors (Lipinski definition) is 5. The summed E-state index contributed by atoms with van der Waals surface area (Å²) in [5.74, 6) is 0. The number of nitrogens with zero attached hydrogens (tertiary/aromatic N) is 5. The Morgan fingerprint density at radius 1 is 0.800 bits per heavy atom. The van der Waals surface area contributed by atoms with E-state index in [0.29, 0.717) is 5.56 Å². The van der Waals surface area contributed by atoms with Crippen LogP contribution in [0.15, 0.2) is 88.0 Å². The highest BCUT2D eigenvalue weighted by Crippen LogP contribution is 2.24. The van der Waals surface area contributed by atoms with Gasteiger partial charge >= 0.3 is 0 Å². The quantitative estimate of drug-likeness (QED) is 0.306. The first kappa shape index (κ1) is 20.9. The van der Waals surface area contributed by atoms with Gasteiger partial charge in [-0.2, -0.15) is 15.5 Å². The van der Waals surface area contributed by atoms with E-state index in [2.05, 4.69) is 52.2 Å². The number of benzene rings is 3. The molecule has 0 heterocycles. The highest BCUT2D eigenvalue weighted by Gasteiger charge is 2.02. The van der Waals surface area contributed by atoms with Crippen LogP contribution in [0.4, 0.5) is 22.7 Å². The molecule has 0 saturated heterocycles. The van der Waals surface area contributed by atoms with Crippen LogP contribution in [0, 0.1) is 11.3 Å². The lowest BCUT2D eigenvalue weighted by atomic mass is 10.2. The first-order valence-electron chi connectivity index (χ1n) is 10.1. The molecule has 150 valence electrons. The maximum atomic E-state index is 8.84. The molecule has 5 heteroatoms. The molecule has 0 atom stereocenters. The summed E-state index contributed by atoms with van der Waals surface area (Å²) in [6, 6.07) is 25.2. The van der Waals surface area contributed by atoms with Crippen molar-refractivity contribution in [2.45, 2.75) is 20.3 Å². The molecule has 0 aliphatic rings.